The quantitative estimate of drug-likeness (QED) is 0.626. The van der Waals surface area contributed by atoms with Gasteiger partial charge in [-0.15, -0.1) is 0 Å². The van der Waals surface area contributed by atoms with Gasteiger partial charge in [0.2, 0.25) is 5.89 Å². The Morgan fingerprint density at radius 1 is 1.16 bits per heavy atom. The highest BCUT2D eigenvalue weighted by atomic mass is 16.5. The molecule has 2 aromatic carbocycles. The first kappa shape index (κ1) is 20.5. The van der Waals surface area contributed by atoms with E-state index >= 15 is 0 Å². The van der Waals surface area contributed by atoms with E-state index in [0.29, 0.717) is 43.6 Å². The summed E-state index contributed by atoms with van der Waals surface area (Å²) in [6.07, 6.45) is 2.38. The number of nitrogens with one attached hydrogen (secondary N) is 1. The zero-order valence-electron chi connectivity index (χ0n) is 18.0. The van der Waals surface area contributed by atoms with Crippen LogP contribution >= 0.6 is 0 Å². The molecule has 1 saturated heterocycles. The van der Waals surface area contributed by atoms with Crippen LogP contribution in [0.25, 0.3) is 0 Å². The van der Waals surface area contributed by atoms with Crippen molar-refractivity contribution in [1.29, 1.82) is 0 Å². The largest absolute Gasteiger partial charge is 0.494 e. The van der Waals surface area contributed by atoms with Gasteiger partial charge in [0.1, 0.15) is 11.8 Å². The average molecular weight is 434 g/mol. The van der Waals surface area contributed by atoms with Crippen LogP contribution in [0.2, 0.25) is 0 Å². The summed E-state index contributed by atoms with van der Waals surface area (Å²) >= 11 is 0. The summed E-state index contributed by atoms with van der Waals surface area (Å²) in [6, 6.07) is 14.7. The summed E-state index contributed by atoms with van der Waals surface area (Å²) in [6.45, 7) is 3.94. The molecule has 2 aliphatic heterocycles. The number of anilines is 2. The second-order valence-electron chi connectivity index (χ2n) is 7.98. The molecule has 8 nitrogen and oxygen atoms in total. The van der Waals surface area contributed by atoms with Crippen molar-refractivity contribution in [3.05, 3.63) is 65.8 Å². The summed E-state index contributed by atoms with van der Waals surface area (Å²) in [7, 11) is 0. The van der Waals surface area contributed by atoms with Crippen LogP contribution in [0.5, 0.6) is 5.75 Å². The van der Waals surface area contributed by atoms with E-state index in [1.807, 2.05) is 55.5 Å². The molecule has 0 aliphatic carbocycles. The predicted octanol–water partition coefficient (Wildman–Crippen LogP) is 4.70. The highest BCUT2D eigenvalue weighted by Crippen LogP contribution is 2.40. The fraction of sp³-hybridized carbons (Fsp3) is 0.375. The molecule has 2 amide bonds. The van der Waals surface area contributed by atoms with Gasteiger partial charge in [-0.3, -0.25) is 4.90 Å². The topological polar surface area (TPSA) is 89.7 Å². The number of benzene rings is 2. The van der Waals surface area contributed by atoms with Crippen LogP contribution in [0.3, 0.4) is 0 Å². The third-order valence-corrected chi connectivity index (χ3v) is 5.94. The number of carbonyl (C=O) groups is 1. The number of fused-ring (bicyclic) bond motifs is 1. The molecule has 1 fully saturated rings. The third-order valence-electron chi connectivity index (χ3n) is 5.94. The Hall–Kier alpha value is -3.39. The molecule has 3 aromatic rings. The maximum atomic E-state index is 13.4. The lowest BCUT2D eigenvalue weighted by Crippen LogP contribution is -2.36. The molecule has 0 saturated carbocycles. The smallest absolute Gasteiger partial charge is 0.327 e. The Kier molecular flexibility index (Phi) is 5.77. The molecule has 5 rings (SSSR count). The average Bonchev–Trinajstić information content (AvgIpc) is 3.46. The van der Waals surface area contributed by atoms with Crippen LogP contribution in [0.4, 0.5) is 16.2 Å². The molecule has 1 aromatic heterocycles. The predicted molar refractivity (Wildman–Crippen MR) is 119 cm³/mol. The number of ether oxygens (including phenoxy) is 2. The molecular weight excluding hydrogens is 408 g/mol. The number of rotatable bonds is 5. The van der Waals surface area contributed by atoms with Crippen molar-refractivity contribution in [1.82, 2.24) is 10.1 Å². The fourth-order valence-corrected chi connectivity index (χ4v) is 4.32. The van der Waals surface area contributed by atoms with Crippen LogP contribution in [0, 0.1) is 0 Å². The Labute approximate surface area is 186 Å². The molecule has 1 N–H and O–H groups in total. The molecule has 0 spiro atoms. The molecule has 0 bridgehead atoms. The summed E-state index contributed by atoms with van der Waals surface area (Å²) in [4.78, 5) is 19.8. The van der Waals surface area contributed by atoms with Crippen LogP contribution < -0.4 is 15.0 Å². The van der Waals surface area contributed by atoms with Crippen LogP contribution in [-0.4, -0.2) is 36.0 Å². The highest BCUT2D eigenvalue weighted by Gasteiger charge is 2.38. The minimum Gasteiger partial charge on any atom is -0.494 e. The standard InChI is InChI=1S/C24H26N4O4/c1-2-31-19-9-7-18(8-10-19)25-24(29)28-20-6-4-3-5-17(20)15-21(28)22-26-23(32-27-22)16-11-13-30-14-12-16/h3-10,16,21H,2,11-15H2,1H3,(H,25,29). The van der Waals surface area contributed by atoms with E-state index in [1.165, 1.54) is 0 Å². The molecule has 0 radical (unpaired) electrons. The zero-order valence-corrected chi connectivity index (χ0v) is 18.0. The summed E-state index contributed by atoms with van der Waals surface area (Å²) in [5.41, 5.74) is 2.63. The Bertz CT molecular complexity index is 1080. The van der Waals surface area contributed by atoms with Gasteiger partial charge in [-0.2, -0.15) is 4.98 Å². The fourth-order valence-electron chi connectivity index (χ4n) is 4.32. The monoisotopic (exact) mass is 434 g/mol. The number of nitrogens with zero attached hydrogens (tertiary/aromatic N) is 3. The van der Waals surface area contributed by atoms with E-state index < -0.39 is 0 Å². The SMILES string of the molecule is CCOc1ccc(NC(=O)N2c3ccccc3CC2c2noc(C3CCOCC3)n2)cc1. The molecule has 8 heteroatoms. The summed E-state index contributed by atoms with van der Waals surface area (Å²) in [5.74, 6) is 2.14. The van der Waals surface area contributed by atoms with Crippen molar-refractivity contribution in [2.75, 3.05) is 30.0 Å². The van der Waals surface area contributed by atoms with Gasteiger partial charge in [-0.05, 0) is 55.7 Å². The van der Waals surface area contributed by atoms with E-state index in [1.54, 1.807) is 4.90 Å². The van der Waals surface area contributed by atoms with E-state index in [2.05, 4.69) is 10.5 Å². The molecule has 3 heterocycles. The van der Waals surface area contributed by atoms with E-state index in [9.17, 15) is 4.79 Å². The minimum absolute atomic E-state index is 0.208. The van der Waals surface area contributed by atoms with Gasteiger partial charge in [0.15, 0.2) is 5.82 Å². The first-order chi connectivity index (χ1) is 15.7. The maximum Gasteiger partial charge on any atom is 0.327 e. The van der Waals surface area contributed by atoms with E-state index in [-0.39, 0.29) is 18.0 Å². The molecular formula is C24H26N4O4. The van der Waals surface area contributed by atoms with Gasteiger partial charge in [0.05, 0.1) is 6.61 Å². The molecule has 1 unspecified atom stereocenters. The first-order valence-electron chi connectivity index (χ1n) is 11.0. The minimum atomic E-state index is -0.326. The second-order valence-corrected chi connectivity index (χ2v) is 7.98. The number of hydrogen-bond donors (Lipinski definition) is 1. The van der Waals surface area contributed by atoms with Gasteiger partial charge in [0, 0.05) is 36.9 Å². The lowest BCUT2D eigenvalue weighted by molar-refractivity contribution is 0.0778. The summed E-state index contributed by atoms with van der Waals surface area (Å²) in [5, 5.41) is 7.26. The van der Waals surface area contributed by atoms with Gasteiger partial charge >= 0.3 is 6.03 Å². The van der Waals surface area contributed by atoms with Crippen LogP contribution in [-0.2, 0) is 11.2 Å². The third kappa shape index (κ3) is 4.05. The Morgan fingerprint density at radius 3 is 2.72 bits per heavy atom. The van der Waals surface area contributed by atoms with E-state index in [4.69, 9.17) is 19.0 Å². The van der Waals surface area contributed by atoms with Crippen molar-refractivity contribution >= 4 is 17.4 Å². The van der Waals surface area contributed by atoms with Gasteiger partial charge in [-0.25, -0.2) is 4.79 Å². The normalized spacial score (nSPS) is 18.4. The molecule has 2 aliphatic rings. The van der Waals surface area contributed by atoms with Crippen molar-refractivity contribution in [3.63, 3.8) is 0 Å². The van der Waals surface area contributed by atoms with Crippen molar-refractivity contribution in [3.8, 4) is 5.75 Å². The second kappa shape index (κ2) is 9.00. The summed E-state index contributed by atoms with van der Waals surface area (Å²) < 4.78 is 16.5. The molecule has 166 valence electrons. The highest BCUT2D eigenvalue weighted by molar-refractivity contribution is 6.03. The lowest BCUT2D eigenvalue weighted by atomic mass is 10.0. The number of carbonyl (C=O) groups excluding carboxylic acids is 1. The molecule has 1 atom stereocenters. The Balaban J connectivity index is 1.39. The lowest BCUT2D eigenvalue weighted by Gasteiger charge is -2.24. The van der Waals surface area contributed by atoms with Crippen molar-refractivity contribution < 1.29 is 18.8 Å². The van der Waals surface area contributed by atoms with Gasteiger partial charge in [0.25, 0.3) is 0 Å². The number of para-hydroxylation sites is 1. The van der Waals surface area contributed by atoms with Crippen LogP contribution in [0.1, 0.15) is 49.0 Å². The zero-order chi connectivity index (χ0) is 21.9. The Morgan fingerprint density at radius 2 is 1.94 bits per heavy atom. The molecule has 32 heavy (non-hydrogen) atoms. The van der Waals surface area contributed by atoms with Gasteiger partial charge in [-0.1, -0.05) is 23.4 Å². The number of hydrogen-bond acceptors (Lipinski definition) is 6. The van der Waals surface area contributed by atoms with Crippen molar-refractivity contribution in [2.24, 2.45) is 0 Å². The number of urea groups is 1. The number of amides is 2. The first-order valence-corrected chi connectivity index (χ1v) is 11.0. The number of aromatic nitrogens is 2. The maximum absolute atomic E-state index is 13.4. The van der Waals surface area contributed by atoms with Crippen LogP contribution in [0.15, 0.2) is 53.1 Å². The van der Waals surface area contributed by atoms with E-state index in [0.717, 1.165) is 29.8 Å². The van der Waals surface area contributed by atoms with Crippen molar-refractivity contribution in [2.45, 2.75) is 38.1 Å². The van der Waals surface area contributed by atoms with Gasteiger partial charge < -0.3 is 19.3 Å².